The van der Waals surface area contributed by atoms with Crippen molar-refractivity contribution in [2.75, 3.05) is 0 Å². The number of H-pyrrole nitrogens is 1. The molecule has 0 atom stereocenters. The van der Waals surface area contributed by atoms with Crippen LogP contribution < -0.4 is 0 Å². The van der Waals surface area contributed by atoms with Crippen molar-refractivity contribution in [2.45, 2.75) is 13.3 Å². The van der Waals surface area contributed by atoms with Crippen LogP contribution in [0, 0.1) is 6.92 Å². The van der Waals surface area contributed by atoms with Crippen LogP contribution in [-0.4, -0.2) is 16.1 Å². The van der Waals surface area contributed by atoms with Gasteiger partial charge in [0.1, 0.15) is 0 Å². The highest BCUT2D eigenvalue weighted by Gasteiger charge is 2.00. The van der Waals surface area contributed by atoms with Crippen LogP contribution in [0.15, 0.2) is 12.3 Å². The molecule has 1 aromatic rings. The van der Waals surface area contributed by atoms with Crippen molar-refractivity contribution < 1.29 is 9.90 Å². The van der Waals surface area contributed by atoms with E-state index in [0.29, 0.717) is 0 Å². The summed E-state index contributed by atoms with van der Waals surface area (Å²) in [5, 5.41) is 8.36. The van der Waals surface area contributed by atoms with E-state index in [1.165, 1.54) is 0 Å². The van der Waals surface area contributed by atoms with Gasteiger partial charge in [0.15, 0.2) is 0 Å². The molecule has 0 amide bonds. The molecule has 10 heavy (non-hydrogen) atoms. The van der Waals surface area contributed by atoms with Crippen LogP contribution in [0.4, 0.5) is 0 Å². The molecule has 0 spiro atoms. The summed E-state index contributed by atoms with van der Waals surface area (Å²) in [5.41, 5.74) is 1.82. The zero-order chi connectivity index (χ0) is 7.56. The Morgan fingerprint density at radius 3 is 2.90 bits per heavy atom. The number of hydrogen-bond donors (Lipinski definition) is 2. The second kappa shape index (κ2) is 2.56. The van der Waals surface area contributed by atoms with Crippen LogP contribution in [0.1, 0.15) is 11.3 Å². The van der Waals surface area contributed by atoms with Crippen molar-refractivity contribution in [3.05, 3.63) is 23.5 Å². The molecule has 0 unspecified atom stereocenters. The number of carboxylic acid groups (broad SMARTS) is 1. The number of nitrogens with one attached hydrogen (secondary N) is 1. The van der Waals surface area contributed by atoms with E-state index < -0.39 is 5.97 Å². The lowest BCUT2D eigenvalue weighted by atomic mass is 10.3. The van der Waals surface area contributed by atoms with Crippen LogP contribution in [0.25, 0.3) is 0 Å². The van der Waals surface area contributed by atoms with Gasteiger partial charge in [0.05, 0.1) is 6.42 Å². The van der Waals surface area contributed by atoms with Crippen LogP contribution in [0.2, 0.25) is 0 Å². The van der Waals surface area contributed by atoms with Crippen LogP contribution in [0.3, 0.4) is 0 Å². The smallest absolute Gasteiger partial charge is 0.309 e. The van der Waals surface area contributed by atoms with E-state index in [1.807, 2.05) is 13.0 Å². The molecule has 0 aliphatic heterocycles. The molecule has 0 saturated heterocycles. The molecule has 0 aliphatic carbocycles. The predicted octanol–water partition coefficient (Wildman–Crippen LogP) is 0.950. The largest absolute Gasteiger partial charge is 0.481 e. The number of carboxylic acids is 1. The molecule has 1 rings (SSSR count). The predicted molar refractivity (Wildman–Crippen MR) is 36.9 cm³/mol. The highest BCUT2D eigenvalue weighted by molar-refractivity contribution is 5.69. The maximum Gasteiger partial charge on any atom is 0.309 e. The molecule has 0 aliphatic rings. The average Bonchev–Trinajstić information content (AvgIpc) is 2.13. The zero-order valence-corrected chi connectivity index (χ0v) is 5.72. The Bertz CT molecular complexity index is 240. The van der Waals surface area contributed by atoms with E-state index in [-0.39, 0.29) is 6.42 Å². The Morgan fingerprint density at radius 2 is 2.50 bits per heavy atom. The SMILES string of the molecule is Cc1c[nH]c(CC(=O)O)c1. The minimum Gasteiger partial charge on any atom is -0.481 e. The van der Waals surface area contributed by atoms with E-state index in [9.17, 15) is 4.79 Å². The minimum absolute atomic E-state index is 0.0772. The molecule has 1 aromatic heterocycles. The molecule has 1 heterocycles. The summed E-state index contributed by atoms with van der Waals surface area (Å²) in [6.45, 7) is 1.92. The van der Waals surface area contributed by atoms with E-state index in [4.69, 9.17) is 5.11 Å². The van der Waals surface area contributed by atoms with Crippen molar-refractivity contribution in [2.24, 2.45) is 0 Å². The van der Waals surface area contributed by atoms with Gasteiger partial charge in [-0.25, -0.2) is 0 Å². The fourth-order valence-electron chi connectivity index (χ4n) is 0.830. The zero-order valence-electron chi connectivity index (χ0n) is 5.72. The van der Waals surface area contributed by atoms with Gasteiger partial charge >= 0.3 is 5.97 Å². The van der Waals surface area contributed by atoms with Gasteiger partial charge in [0.2, 0.25) is 0 Å². The molecular weight excluding hydrogens is 130 g/mol. The maximum absolute atomic E-state index is 10.2. The van der Waals surface area contributed by atoms with Crippen molar-refractivity contribution in [1.29, 1.82) is 0 Å². The minimum atomic E-state index is -0.804. The van der Waals surface area contributed by atoms with Gasteiger partial charge in [-0.1, -0.05) is 0 Å². The third-order valence-electron chi connectivity index (χ3n) is 1.23. The first-order valence-electron chi connectivity index (χ1n) is 3.04. The van der Waals surface area contributed by atoms with E-state index in [1.54, 1.807) is 6.20 Å². The maximum atomic E-state index is 10.2. The molecule has 2 N–H and O–H groups in total. The number of carbonyl (C=O) groups is 1. The van der Waals surface area contributed by atoms with Crippen LogP contribution >= 0.6 is 0 Å². The Kier molecular flexibility index (Phi) is 1.76. The molecule has 0 radical (unpaired) electrons. The van der Waals surface area contributed by atoms with Crippen LogP contribution in [0.5, 0.6) is 0 Å². The van der Waals surface area contributed by atoms with Gasteiger partial charge in [0.25, 0.3) is 0 Å². The molecular formula is C7H9NO2. The number of aryl methyl sites for hydroxylation is 1. The first-order chi connectivity index (χ1) is 4.68. The third kappa shape index (κ3) is 1.62. The van der Waals surface area contributed by atoms with E-state index >= 15 is 0 Å². The van der Waals surface area contributed by atoms with Gasteiger partial charge in [0, 0.05) is 11.9 Å². The molecule has 54 valence electrons. The summed E-state index contributed by atoms with van der Waals surface area (Å²) in [4.78, 5) is 13.0. The lowest BCUT2D eigenvalue weighted by Crippen LogP contribution is -1.99. The van der Waals surface area contributed by atoms with Crippen molar-refractivity contribution in [1.82, 2.24) is 4.98 Å². The summed E-state index contributed by atoms with van der Waals surface area (Å²) in [5.74, 6) is -0.804. The second-order valence-corrected chi connectivity index (χ2v) is 2.27. The first-order valence-corrected chi connectivity index (χ1v) is 3.04. The van der Waals surface area contributed by atoms with E-state index in [0.717, 1.165) is 11.3 Å². The molecule has 0 fully saturated rings. The summed E-state index contributed by atoms with van der Waals surface area (Å²) in [7, 11) is 0. The lowest BCUT2D eigenvalue weighted by molar-refractivity contribution is -0.136. The van der Waals surface area contributed by atoms with Gasteiger partial charge in [-0.3, -0.25) is 4.79 Å². The highest BCUT2D eigenvalue weighted by Crippen LogP contribution is 2.01. The fourth-order valence-corrected chi connectivity index (χ4v) is 0.830. The van der Waals surface area contributed by atoms with Gasteiger partial charge in [-0.05, 0) is 18.6 Å². The molecule has 0 bridgehead atoms. The number of rotatable bonds is 2. The van der Waals surface area contributed by atoms with Crippen molar-refractivity contribution in [3.63, 3.8) is 0 Å². The summed E-state index contributed by atoms with van der Waals surface area (Å²) in [6, 6.07) is 1.83. The third-order valence-corrected chi connectivity index (χ3v) is 1.23. The Balaban J connectivity index is 2.67. The van der Waals surface area contributed by atoms with Gasteiger partial charge < -0.3 is 10.1 Å². The standard InChI is InChI=1S/C7H9NO2/c1-5-2-6(8-4-5)3-7(9)10/h2,4,8H,3H2,1H3,(H,9,10). The molecule has 3 nitrogen and oxygen atoms in total. The summed E-state index contributed by atoms with van der Waals surface area (Å²) >= 11 is 0. The number of hydrogen-bond acceptors (Lipinski definition) is 1. The van der Waals surface area contributed by atoms with Crippen molar-refractivity contribution >= 4 is 5.97 Å². The lowest BCUT2D eigenvalue weighted by Gasteiger charge is -1.87. The van der Waals surface area contributed by atoms with Crippen LogP contribution in [-0.2, 0) is 11.2 Å². The molecule has 0 aromatic carbocycles. The van der Waals surface area contributed by atoms with Crippen molar-refractivity contribution in [3.8, 4) is 0 Å². The van der Waals surface area contributed by atoms with Gasteiger partial charge in [-0.15, -0.1) is 0 Å². The van der Waals surface area contributed by atoms with Gasteiger partial charge in [-0.2, -0.15) is 0 Å². The number of aliphatic carboxylic acids is 1. The Labute approximate surface area is 58.7 Å². The average molecular weight is 139 g/mol. The summed E-state index contributed by atoms with van der Waals surface area (Å²) in [6.07, 6.45) is 1.87. The Hall–Kier alpha value is -1.25. The fraction of sp³-hybridized carbons (Fsp3) is 0.286. The monoisotopic (exact) mass is 139 g/mol. The second-order valence-electron chi connectivity index (χ2n) is 2.27. The molecule has 3 heteroatoms. The quantitative estimate of drug-likeness (QED) is 0.640. The highest BCUT2D eigenvalue weighted by atomic mass is 16.4. The normalized spacial score (nSPS) is 9.70. The number of aromatic nitrogens is 1. The molecule has 0 saturated carbocycles. The first kappa shape index (κ1) is 6.86. The number of aromatic amines is 1. The van der Waals surface area contributed by atoms with E-state index in [2.05, 4.69) is 4.98 Å². The Morgan fingerprint density at radius 1 is 1.80 bits per heavy atom. The topological polar surface area (TPSA) is 53.1 Å². The summed E-state index contributed by atoms with van der Waals surface area (Å²) < 4.78 is 0.